The van der Waals surface area contributed by atoms with E-state index in [2.05, 4.69) is 10.3 Å². The molecular formula is C13H13N3O3S. The Kier molecular flexibility index (Phi) is 4.31. The van der Waals surface area contributed by atoms with Gasteiger partial charge in [-0.2, -0.15) is 0 Å². The molecule has 2 aromatic rings. The normalized spacial score (nSPS) is 10.1. The summed E-state index contributed by atoms with van der Waals surface area (Å²) in [6, 6.07) is 8.58. The van der Waals surface area contributed by atoms with Crippen LogP contribution in [0, 0.1) is 0 Å². The maximum absolute atomic E-state index is 11.8. The van der Waals surface area contributed by atoms with Crippen molar-refractivity contribution in [1.82, 2.24) is 4.98 Å². The maximum atomic E-state index is 11.8. The lowest BCUT2D eigenvalue weighted by Gasteiger charge is -2.01. The van der Waals surface area contributed by atoms with Crippen molar-refractivity contribution >= 4 is 28.3 Å². The van der Waals surface area contributed by atoms with Gasteiger partial charge in [-0.3, -0.25) is 5.32 Å². The van der Waals surface area contributed by atoms with Crippen LogP contribution in [0.1, 0.15) is 17.4 Å². The highest BCUT2D eigenvalue weighted by molar-refractivity contribution is 7.19. The molecule has 0 radical (unpaired) electrons. The number of nitrogens with one attached hydrogen (secondary N) is 1. The van der Waals surface area contributed by atoms with Crippen LogP contribution < -0.4 is 11.1 Å². The summed E-state index contributed by atoms with van der Waals surface area (Å²) in [6.07, 6.45) is 0. The number of carbonyl (C=O) groups excluding carboxylic acids is 2. The second-order valence-corrected chi connectivity index (χ2v) is 4.77. The zero-order chi connectivity index (χ0) is 14.5. The fraction of sp³-hybridized carbons (Fsp3) is 0.154. The SMILES string of the molecule is CCOC(=O)c1nc(-c2ccccc2)sc1NC(N)=O. The van der Waals surface area contributed by atoms with Crippen LogP contribution in [0.5, 0.6) is 0 Å². The largest absolute Gasteiger partial charge is 0.461 e. The second-order valence-electron chi connectivity index (χ2n) is 3.77. The van der Waals surface area contributed by atoms with E-state index in [1.165, 1.54) is 11.3 Å². The summed E-state index contributed by atoms with van der Waals surface area (Å²) in [6.45, 7) is 1.93. The Bertz CT molecular complexity index is 625. The molecule has 0 saturated carbocycles. The third-order valence-corrected chi connectivity index (χ3v) is 3.37. The molecule has 0 spiro atoms. The number of esters is 1. The number of benzene rings is 1. The van der Waals surface area contributed by atoms with E-state index in [9.17, 15) is 9.59 Å². The molecule has 0 atom stereocenters. The number of rotatable bonds is 4. The van der Waals surface area contributed by atoms with E-state index >= 15 is 0 Å². The fourth-order valence-corrected chi connectivity index (χ4v) is 2.52. The summed E-state index contributed by atoms with van der Waals surface area (Å²) >= 11 is 1.17. The molecule has 1 aromatic heterocycles. The number of nitrogens with zero attached hydrogens (tertiary/aromatic N) is 1. The zero-order valence-electron chi connectivity index (χ0n) is 10.8. The Hall–Kier alpha value is -2.41. The van der Waals surface area contributed by atoms with Gasteiger partial charge in [0, 0.05) is 5.56 Å². The number of amides is 2. The molecule has 0 bridgehead atoms. The van der Waals surface area contributed by atoms with Gasteiger partial charge in [0.1, 0.15) is 10.0 Å². The summed E-state index contributed by atoms with van der Waals surface area (Å²) in [5.41, 5.74) is 6.00. The Labute approximate surface area is 119 Å². The minimum Gasteiger partial charge on any atom is -0.461 e. The van der Waals surface area contributed by atoms with Crippen molar-refractivity contribution < 1.29 is 14.3 Å². The lowest BCUT2D eigenvalue weighted by atomic mass is 10.2. The van der Waals surface area contributed by atoms with Crippen LogP contribution in [-0.4, -0.2) is 23.6 Å². The van der Waals surface area contributed by atoms with Crippen molar-refractivity contribution in [2.45, 2.75) is 6.92 Å². The van der Waals surface area contributed by atoms with Gasteiger partial charge >= 0.3 is 12.0 Å². The first-order valence-corrected chi connectivity index (χ1v) is 6.73. The fourth-order valence-electron chi connectivity index (χ4n) is 1.56. The molecule has 6 nitrogen and oxygen atoms in total. The van der Waals surface area contributed by atoms with E-state index in [1.54, 1.807) is 6.92 Å². The number of thiazole rings is 1. The van der Waals surface area contributed by atoms with Crippen LogP contribution in [0.2, 0.25) is 0 Å². The quantitative estimate of drug-likeness (QED) is 0.846. The molecule has 0 saturated heterocycles. The number of hydrogen-bond acceptors (Lipinski definition) is 5. The first kappa shape index (κ1) is 14.0. The number of carbonyl (C=O) groups is 2. The Morgan fingerprint density at radius 3 is 2.65 bits per heavy atom. The standard InChI is InChI=1S/C13H13N3O3S/c1-2-19-12(17)9-11(16-13(14)18)20-10(15-9)8-6-4-3-5-7-8/h3-7H,2H2,1H3,(H3,14,16,18). The van der Waals surface area contributed by atoms with Gasteiger partial charge in [-0.25, -0.2) is 14.6 Å². The molecule has 20 heavy (non-hydrogen) atoms. The molecule has 104 valence electrons. The summed E-state index contributed by atoms with van der Waals surface area (Å²) < 4.78 is 4.91. The number of aromatic nitrogens is 1. The van der Waals surface area contributed by atoms with Gasteiger partial charge in [0.2, 0.25) is 0 Å². The molecular weight excluding hydrogens is 278 g/mol. The highest BCUT2D eigenvalue weighted by atomic mass is 32.1. The third-order valence-electron chi connectivity index (χ3n) is 2.35. The molecule has 0 aliphatic carbocycles. The summed E-state index contributed by atoms with van der Waals surface area (Å²) in [5.74, 6) is -0.588. The van der Waals surface area contributed by atoms with Crippen molar-refractivity contribution in [3.8, 4) is 10.6 Å². The molecule has 2 amide bonds. The Morgan fingerprint density at radius 2 is 2.05 bits per heavy atom. The summed E-state index contributed by atoms with van der Waals surface area (Å²) in [7, 11) is 0. The summed E-state index contributed by atoms with van der Waals surface area (Å²) in [4.78, 5) is 27.0. The number of urea groups is 1. The molecule has 2 rings (SSSR count). The van der Waals surface area contributed by atoms with Gasteiger partial charge in [0.05, 0.1) is 6.61 Å². The van der Waals surface area contributed by atoms with Crippen LogP contribution in [-0.2, 0) is 4.74 Å². The summed E-state index contributed by atoms with van der Waals surface area (Å²) in [5, 5.41) is 3.29. The average Bonchev–Trinajstić information content (AvgIpc) is 2.83. The van der Waals surface area contributed by atoms with Crippen LogP contribution in [0.15, 0.2) is 30.3 Å². The van der Waals surface area contributed by atoms with Gasteiger partial charge in [0.15, 0.2) is 5.69 Å². The average molecular weight is 291 g/mol. The van der Waals surface area contributed by atoms with Crippen molar-refractivity contribution in [2.75, 3.05) is 11.9 Å². The molecule has 1 heterocycles. The first-order valence-electron chi connectivity index (χ1n) is 5.91. The van der Waals surface area contributed by atoms with Gasteiger partial charge < -0.3 is 10.5 Å². The lowest BCUT2D eigenvalue weighted by molar-refractivity contribution is 0.0521. The number of nitrogens with two attached hydrogens (primary N) is 1. The molecule has 1 aromatic carbocycles. The van der Waals surface area contributed by atoms with Gasteiger partial charge in [-0.05, 0) is 6.92 Å². The van der Waals surface area contributed by atoms with Crippen molar-refractivity contribution in [3.63, 3.8) is 0 Å². The van der Waals surface area contributed by atoms with E-state index in [-0.39, 0.29) is 17.3 Å². The molecule has 0 aliphatic heterocycles. The Balaban J connectivity index is 2.41. The van der Waals surface area contributed by atoms with Crippen LogP contribution >= 0.6 is 11.3 Å². The van der Waals surface area contributed by atoms with E-state index in [0.29, 0.717) is 5.01 Å². The van der Waals surface area contributed by atoms with E-state index in [4.69, 9.17) is 10.5 Å². The maximum Gasteiger partial charge on any atom is 0.360 e. The number of hydrogen-bond donors (Lipinski definition) is 2. The molecule has 3 N–H and O–H groups in total. The van der Waals surface area contributed by atoms with E-state index < -0.39 is 12.0 Å². The predicted molar refractivity (Wildman–Crippen MR) is 76.7 cm³/mol. The van der Waals surface area contributed by atoms with Crippen molar-refractivity contribution in [1.29, 1.82) is 0 Å². The number of anilines is 1. The molecule has 7 heteroatoms. The first-order chi connectivity index (χ1) is 9.61. The van der Waals surface area contributed by atoms with Crippen molar-refractivity contribution in [2.24, 2.45) is 5.73 Å². The predicted octanol–water partition coefficient (Wildman–Crippen LogP) is 2.48. The van der Waals surface area contributed by atoms with Gasteiger partial charge in [-0.1, -0.05) is 41.7 Å². The minimum absolute atomic E-state index is 0.0644. The van der Waals surface area contributed by atoms with E-state index in [0.717, 1.165) is 5.56 Å². The Morgan fingerprint density at radius 1 is 1.35 bits per heavy atom. The van der Waals surface area contributed by atoms with Gasteiger partial charge in [0.25, 0.3) is 0 Å². The van der Waals surface area contributed by atoms with Crippen LogP contribution in [0.4, 0.5) is 9.80 Å². The van der Waals surface area contributed by atoms with Crippen molar-refractivity contribution in [3.05, 3.63) is 36.0 Å². The molecule has 0 unspecified atom stereocenters. The topological polar surface area (TPSA) is 94.3 Å². The second kappa shape index (κ2) is 6.16. The molecule has 0 aliphatic rings. The monoisotopic (exact) mass is 291 g/mol. The van der Waals surface area contributed by atoms with E-state index in [1.807, 2.05) is 30.3 Å². The minimum atomic E-state index is -0.751. The molecule has 0 fully saturated rings. The highest BCUT2D eigenvalue weighted by Gasteiger charge is 2.21. The lowest BCUT2D eigenvalue weighted by Crippen LogP contribution is -2.20. The van der Waals surface area contributed by atoms with Crippen LogP contribution in [0.3, 0.4) is 0 Å². The zero-order valence-corrected chi connectivity index (χ0v) is 11.6. The third kappa shape index (κ3) is 3.12. The smallest absolute Gasteiger partial charge is 0.360 e. The number of ether oxygens (including phenoxy) is 1. The van der Waals surface area contributed by atoms with Gasteiger partial charge in [-0.15, -0.1) is 0 Å². The number of primary amides is 1. The van der Waals surface area contributed by atoms with Crippen LogP contribution in [0.25, 0.3) is 10.6 Å². The highest BCUT2D eigenvalue weighted by Crippen LogP contribution is 2.32.